The van der Waals surface area contributed by atoms with E-state index in [2.05, 4.69) is 22.3 Å². The fourth-order valence-corrected chi connectivity index (χ4v) is 2.92. The summed E-state index contributed by atoms with van der Waals surface area (Å²) in [5.41, 5.74) is 6.84. The van der Waals surface area contributed by atoms with Crippen molar-refractivity contribution in [3.8, 4) is 0 Å². The van der Waals surface area contributed by atoms with Crippen LogP contribution in [0.5, 0.6) is 0 Å². The van der Waals surface area contributed by atoms with Crippen LogP contribution in [0.4, 0.5) is 0 Å². The van der Waals surface area contributed by atoms with Crippen LogP contribution in [0.25, 0.3) is 0 Å². The molecule has 0 atom stereocenters. The second-order valence-electron chi connectivity index (χ2n) is 5.89. The van der Waals surface area contributed by atoms with Crippen molar-refractivity contribution in [1.29, 1.82) is 0 Å². The fraction of sp³-hybridized carbons (Fsp3) is 0.588. The zero-order valence-corrected chi connectivity index (χ0v) is 12.8. The van der Waals surface area contributed by atoms with Gasteiger partial charge < -0.3 is 11.1 Å². The van der Waals surface area contributed by atoms with Gasteiger partial charge in [0.2, 0.25) is 5.91 Å². The first-order valence-corrected chi connectivity index (χ1v) is 8.03. The lowest BCUT2D eigenvalue weighted by Gasteiger charge is -2.23. The number of hydrogen-bond donors (Lipinski definition) is 2. The van der Waals surface area contributed by atoms with Gasteiger partial charge in [-0.15, -0.1) is 0 Å². The molecular weight excluding hydrogens is 262 g/mol. The van der Waals surface area contributed by atoms with E-state index in [9.17, 15) is 4.79 Å². The summed E-state index contributed by atoms with van der Waals surface area (Å²) in [5, 5.41) is 3.16. The maximum atomic E-state index is 12.2. The highest BCUT2D eigenvalue weighted by Crippen LogP contribution is 2.17. The molecular formula is C17H27N3O. The van der Waals surface area contributed by atoms with Crippen LogP contribution in [0.15, 0.2) is 30.3 Å². The number of nitrogens with two attached hydrogens (primary N) is 1. The van der Waals surface area contributed by atoms with Crippen molar-refractivity contribution in [1.82, 2.24) is 10.2 Å². The summed E-state index contributed by atoms with van der Waals surface area (Å²) in [6.45, 7) is 2.79. The molecule has 0 bridgehead atoms. The standard InChI is InChI=1S/C17H27N3O/c18-11-6-12-20(13-15-7-2-1-3-8-15)14-17(21)19-16-9-4-5-10-16/h1-3,7-8,16H,4-6,9-14,18H2,(H,19,21). The van der Waals surface area contributed by atoms with Crippen LogP contribution in [0.3, 0.4) is 0 Å². The fourth-order valence-electron chi connectivity index (χ4n) is 2.92. The number of nitrogens with zero attached hydrogens (tertiary/aromatic N) is 1. The SMILES string of the molecule is NCCCN(CC(=O)NC1CCCC1)Cc1ccccc1. The molecule has 1 aromatic carbocycles. The highest BCUT2D eigenvalue weighted by molar-refractivity contribution is 5.78. The predicted octanol–water partition coefficient (Wildman–Crippen LogP) is 1.90. The zero-order valence-electron chi connectivity index (χ0n) is 12.8. The van der Waals surface area contributed by atoms with Gasteiger partial charge in [-0.25, -0.2) is 0 Å². The van der Waals surface area contributed by atoms with Crippen LogP contribution in [0.1, 0.15) is 37.7 Å². The molecule has 1 aliphatic carbocycles. The van der Waals surface area contributed by atoms with Crippen LogP contribution in [0.2, 0.25) is 0 Å². The Morgan fingerprint density at radius 1 is 1.24 bits per heavy atom. The van der Waals surface area contributed by atoms with Gasteiger partial charge in [0.05, 0.1) is 6.54 Å². The van der Waals surface area contributed by atoms with Crippen molar-refractivity contribution in [2.75, 3.05) is 19.6 Å². The molecule has 1 amide bonds. The number of hydrogen-bond acceptors (Lipinski definition) is 3. The van der Waals surface area contributed by atoms with E-state index in [1.807, 2.05) is 18.2 Å². The van der Waals surface area contributed by atoms with Crippen LogP contribution < -0.4 is 11.1 Å². The Morgan fingerprint density at radius 3 is 2.62 bits per heavy atom. The largest absolute Gasteiger partial charge is 0.352 e. The van der Waals surface area contributed by atoms with E-state index in [0.717, 1.165) is 32.4 Å². The molecule has 0 radical (unpaired) electrons. The average Bonchev–Trinajstić information content (AvgIpc) is 2.98. The Labute approximate surface area is 127 Å². The summed E-state index contributed by atoms with van der Waals surface area (Å²) >= 11 is 0. The maximum absolute atomic E-state index is 12.2. The van der Waals surface area contributed by atoms with Crippen molar-refractivity contribution >= 4 is 5.91 Å². The third kappa shape index (κ3) is 5.86. The van der Waals surface area contributed by atoms with Crippen LogP contribution >= 0.6 is 0 Å². The molecule has 116 valence electrons. The summed E-state index contributed by atoms with van der Waals surface area (Å²) in [6.07, 6.45) is 5.67. The molecule has 0 spiro atoms. The lowest BCUT2D eigenvalue weighted by molar-refractivity contribution is -0.123. The third-order valence-electron chi connectivity index (χ3n) is 4.01. The Hall–Kier alpha value is -1.39. The Balaban J connectivity index is 1.84. The molecule has 4 heteroatoms. The molecule has 21 heavy (non-hydrogen) atoms. The molecule has 1 fully saturated rings. The highest BCUT2D eigenvalue weighted by Gasteiger charge is 2.18. The predicted molar refractivity (Wildman–Crippen MR) is 85.8 cm³/mol. The zero-order chi connectivity index (χ0) is 14.9. The number of amides is 1. The molecule has 0 saturated heterocycles. The molecule has 1 aliphatic rings. The Morgan fingerprint density at radius 2 is 1.95 bits per heavy atom. The van der Waals surface area contributed by atoms with Crippen LogP contribution in [-0.2, 0) is 11.3 Å². The monoisotopic (exact) mass is 289 g/mol. The number of rotatable bonds is 8. The summed E-state index contributed by atoms with van der Waals surface area (Å²) < 4.78 is 0. The Kier molecular flexibility index (Phi) is 6.70. The average molecular weight is 289 g/mol. The number of nitrogens with one attached hydrogen (secondary N) is 1. The first-order chi connectivity index (χ1) is 10.3. The van der Waals surface area contributed by atoms with Crippen molar-refractivity contribution in [2.24, 2.45) is 5.73 Å². The van der Waals surface area contributed by atoms with Gasteiger partial charge in [0.1, 0.15) is 0 Å². The summed E-state index contributed by atoms with van der Waals surface area (Å²) in [7, 11) is 0. The quantitative estimate of drug-likeness (QED) is 0.768. The van der Waals surface area contributed by atoms with Crippen molar-refractivity contribution in [3.05, 3.63) is 35.9 Å². The van der Waals surface area contributed by atoms with Gasteiger partial charge in [0, 0.05) is 19.1 Å². The maximum Gasteiger partial charge on any atom is 0.234 e. The summed E-state index contributed by atoms with van der Waals surface area (Å²) in [5.74, 6) is 0.148. The topological polar surface area (TPSA) is 58.4 Å². The van der Waals surface area contributed by atoms with Crippen LogP contribution in [-0.4, -0.2) is 36.5 Å². The van der Waals surface area contributed by atoms with Gasteiger partial charge in [-0.3, -0.25) is 9.69 Å². The summed E-state index contributed by atoms with van der Waals surface area (Å²) in [4.78, 5) is 14.4. The molecule has 0 unspecified atom stereocenters. The second kappa shape index (κ2) is 8.80. The van der Waals surface area contributed by atoms with E-state index in [-0.39, 0.29) is 5.91 Å². The van der Waals surface area contributed by atoms with Gasteiger partial charge in [0.15, 0.2) is 0 Å². The molecule has 2 rings (SSSR count). The third-order valence-corrected chi connectivity index (χ3v) is 4.01. The van der Waals surface area contributed by atoms with E-state index in [1.54, 1.807) is 0 Å². The van der Waals surface area contributed by atoms with Gasteiger partial charge in [-0.1, -0.05) is 43.2 Å². The van der Waals surface area contributed by atoms with Gasteiger partial charge in [-0.2, -0.15) is 0 Å². The van der Waals surface area contributed by atoms with Crippen molar-refractivity contribution in [2.45, 2.75) is 44.7 Å². The van der Waals surface area contributed by atoms with Crippen molar-refractivity contribution in [3.63, 3.8) is 0 Å². The second-order valence-corrected chi connectivity index (χ2v) is 5.89. The number of benzene rings is 1. The minimum atomic E-state index is 0.148. The molecule has 0 aliphatic heterocycles. The summed E-state index contributed by atoms with van der Waals surface area (Å²) in [6, 6.07) is 10.7. The van der Waals surface area contributed by atoms with E-state index < -0.39 is 0 Å². The molecule has 0 heterocycles. The number of carbonyl (C=O) groups excluding carboxylic acids is 1. The highest BCUT2D eigenvalue weighted by atomic mass is 16.2. The minimum absolute atomic E-state index is 0.148. The molecule has 1 saturated carbocycles. The van der Waals surface area contributed by atoms with Crippen molar-refractivity contribution < 1.29 is 4.79 Å². The first-order valence-electron chi connectivity index (χ1n) is 8.03. The van der Waals surface area contributed by atoms with Gasteiger partial charge in [-0.05, 0) is 31.4 Å². The van der Waals surface area contributed by atoms with E-state index in [0.29, 0.717) is 19.1 Å². The molecule has 1 aromatic rings. The molecule has 4 nitrogen and oxygen atoms in total. The molecule has 0 aromatic heterocycles. The lowest BCUT2D eigenvalue weighted by Crippen LogP contribution is -2.41. The Bertz CT molecular complexity index is 415. The smallest absolute Gasteiger partial charge is 0.234 e. The van der Waals surface area contributed by atoms with Gasteiger partial charge >= 0.3 is 0 Å². The number of carbonyl (C=O) groups is 1. The lowest BCUT2D eigenvalue weighted by atomic mass is 10.2. The normalized spacial score (nSPS) is 15.5. The van der Waals surface area contributed by atoms with Gasteiger partial charge in [0.25, 0.3) is 0 Å². The molecule has 3 N–H and O–H groups in total. The van der Waals surface area contributed by atoms with E-state index in [4.69, 9.17) is 5.73 Å². The van der Waals surface area contributed by atoms with E-state index in [1.165, 1.54) is 18.4 Å². The van der Waals surface area contributed by atoms with E-state index >= 15 is 0 Å². The minimum Gasteiger partial charge on any atom is -0.352 e. The van der Waals surface area contributed by atoms with Crippen LogP contribution in [0, 0.1) is 0 Å². The first kappa shape index (κ1) is 16.0.